The minimum atomic E-state index is -1.07. The molecule has 18 heavy (non-hydrogen) atoms. The summed E-state index contributed by atoms with van der Waals surface area (Å²) in [6, 6.07) is 8.16. The maximum atomic E-state index is 11.8. The van der Waals surface area contributed by atoms with Crippen molar-refractivity contribution in [2.45, 2.75) is 32.3 Å². The second kappa shape index (κ2) is 5.46. The zero-order valence-corrected chi connectivity index (χ0v) is 10.6. The molecule has 1 radical (unpaired) electrons. The zero-order chi connectivity index (χ0) is 13.8. The summed E-state index contributed by atoms with van der Waals surface area (Å²) in [5.41, 5.74) is 0.282. The smallest absolute Gasteiger partial charge is 0.322 e. The molecule has 0 N–H and O–H groups in total. The van der Waals surface area contributed by atoms with Crippen LogP contribution in [-0.2, 0) is 14.3 Å². The van der Waals surface area contributed by atoms with E-state index in [1.54, 1.807) is 51.3 Å². The van der Waals surface area contributed by atoms with Crippen LogP contribution in [0, 0.1) is 11.3 Å². The van der Waals surface area contributed by atoms with Crippen LogP contribution in [0.2, 0.25) is 0 Å². The lowest BCUT2D eigenvalue weighted by molar-refractivity contribution is -0.154. The van der Waals surface area contributed by atoms with Crippen LogP contribution in [0.3, 0.4) is 0 Å². The number of nitriles is 1. The molecular formula is C14H14NO3. The largest absolute Gasteiger partial charge is 0.459 e. The minimum Gasteiger partial charge on any atom is -0.459 e. The SMILES string of the molecule is CC(C)(C)OC(=O)C([C]=O)c1ccc(C#N)cc1. The maximum Gasteiger partial charge on any atom is 0.322 e. The van der Waals surface area contributed by atoms with Gasteiger partial charge in [0.15, 0.2) is 0 Å². The van der Waals surface area contributed by atoms with Gasteiger partial charge in [0.1, 0.15) is 11.5 Å². The fourth-order valence-electron chi connectivity index (χ4n) is 1.36. The highest BCUT2D eigenvalue weighted by Crippen LogP contribution is 2.19. The Hall–Kier alpha value is -2.15. The van der Waals surface area contributed by atoms with Crippen molar-refractivity contribution in [2.24, 2.45) is 0 Å². The summed E-state index contributed by atoms with van der Waals surface area (Å²) in [6.45, 7) is 5.18. The molecule has 1 aromatic rings. The number of rotatable bonds is 3. The highest BCUT2D eigenvalue weighted by Gasteiger charge is 2.26. The molecule has 0 amide bonds. The number of nitrogens with zero attached hydrogens (tertiary/aromatic N) is 1. The minimum absolute atomic E-state index is 0.465. The van der Waals surface area contributed by atoms with Crippen LogP contribution in [0.1, 0.15) is 37.8 Å². The molecule has 0 aliphatic heterocycles. The predicted molar refractivity (Wildman–Crippen MR) is 65.4 cm³/mol. The lowest BCUT2D eigenvalue weighted by Crippen LogP contribution is -2.28. The van der Waals surface area contributed by atoms with Crippen molar-refractivity contribution in [3.8, 4) is 6.07 Å². The first kappa shape index (κ1) is 13.9. The number of carbonyl (C=O) groups is 1. The van der Waals surface area contributed by atoms with Gasteiger partial charge in [0.2, 0.25) is 6.29 Å². The molecule has 4 heteroatoms. The van der Waals surface area contributed by atoms with Crippen LogP contribution in [0.25, 0.3) is 0 Å². The second-order valence-corrected chi connectivity index (χ2v) is 4.82. The summed E-state index contributed by atoms with van der Waals surface area (Å²) < 4.78 is 5.14. The fraction of sp³-hybridized carbons (Fsp3) is 0.357. The van der Waals surface area contributed by atoms with Gasteiger partial charge < -0.3 is 4.74 Å². The molecule has 1 unspecified atom stereocenters. The summed E-state index contributed by atoms with van der Waals surface area (Å²) in [4.78, 5) is 22.7. The second-order valence-electron chi connectivity index (χ2n) is 4.82. The van der Waals surface area contributed by atoms with E-state index in [0.717, 1.165) is 0 Å². The first-order chi connectivity index (χ1) is 8.37. The van der Waals surface area contributed by atoms with E-state index < -0.39 is 17.5 Å². The number of esters is 1. The van der Waals surface area contributed by atoms with Crippen LogP contribution < -0.4 is 0 Å². The van der Waals surface area contributed by atoms with Gasteiger partial charge in [0, 0.05) is 0 Å². The number of carbonyl (C=O) groups excluding carboxylic acids is 2. The fourth-order valence-corrected chi connectivity index (χ4v) is 1.36. The number of benzene rings is 1. The number of hydrogen-bond acceptors (Lipinski definition) is 4. The quantitative estimate of drug-likeness (QED) is 0.603. The summed E-state index contributed by atoms with van der Waals surface area (Å²) in [6.07, 6.45) is 1.67. The third-order valence-electron chi connectivity index (χ3n) is 2.13. The average Bonchev–Trinajstić information content (AvgIpc) is 2.28. The van der Waals surface area contributed by atoms with Crippen molar-refractivity contribution in [1.29, 1.82) is 5.26 Å². The van der Waals surface area contributed by atoms with E-state index >= 15 is 0 Å². The monoisotopic (exact) mass is 244 g/mol. The van der Waals surface area contributed by atoms with Gasteiger partial charge in [-0.1, -0.05) is 12.1 Å². The van der Waals surface area contributed by atoms with Crippen LogP contribution >= 0.6 is 0 Å². The standard InChI is InChI=1S/C14H14NO3/c1-14(2,3)18-13(17)12(9-16)11-6-4-10(8-15)5-7-11/h4-7,12H,1-3H3. The average molecular weight is 244 g/mol. The van der Waals surface area contributed by atoms with Gasteiger partial charge in [-0.2, -0.15) is 5.26 Å². The molecule has 1 rings (SSSR count). The molecule has 0 fully saturated rings. The molecule has 1 aromatic carbocycles. The van der Waals surface area contributed by atoms with E-state index in [4.69, 9.17) is 10.00 Å². The molecule has 0 aliphatic carbocycles. The molecule has 1 atom stereocenters. The van der Waals surface area contributed by atoms with Crippen molar-refractivity contribution < 1.29 is 14.3 Å². The van der Waals surface area contributed by atoms with Gasteiger partial charge >= 0.3 is 5.97 Å². The maximum absolute atomic E-state index is 11.8. The van der Waals surface area contributed by atoms with E-state index in [-0.39, 0.29) is 0 Å². The van der Waals surface area contributed by atoms with E-state index in [1.807, 2.05) is 6.07 Å². The molecule has 0 aliphatic rings. The Kier molecular flexibility index (Phi) is 4.22. The van der Waals surface area contributed by atoms with Crippen LogP contribution in [0.5, 0.6) is 0 Å². The first-order valence-corrected chi connectivity index (χ1v) is 5.48. The Bertz CT molecular complexity index is 477. The molecule has 0 heterocycles. The first-order valence-electron chi connectivity index (χ1n) is 5.48. The van der Waals surface area contributed by atoms with Gasteiger partial charge in [-0.05, 0) is 38.5 Å². The van der Waals surface area contributed by atoms with E-state index in [2.05, 4.69) is 0 Å². The van der Waals surface area contributed by atoms with Crippen molar-refractivity contribution >= 4 is 12.3 Å². The molecule has 93 valence electrons. The van der Waals surface area contributed by atoms with Crippen molar-refractivity contribution in [3.63, 3.8) is 0 Å². The molecule has 0 saturated carbocycles. The third-order valence-corrected chi connectivity index (χ3v) is 2.13. The summed E-state index contributed by atoms with van der Waals surface area (Å²) >= 11 is 0. The summed E-state index contributed by atoms with van der Waals surface area (Å²) in [7, 11) is 0. The van der Waals surface area contributed by atoms with Crippen molar-refractivity contribution in [3.05, 3.63) is 35.4 Å². The molecular weight excluding hydrogens is 230 g/mol. The highest BCUT2D eigenvalue weighted by atomic mass is 16.6. The molecule has 0 spiro atoms. The normalized spacial score (nSPS) is 12.3. The molecule has 0 aromatic heterocycles. The molecule has 0 saturated heterocycles. The Morgan fingerprint density at radius 1 is 1.28 bits per heavy atom. The summed E-state index contributed by atoms with van der Waals surface area (Å²) in [5.74, 6) is -1.71. The van der Waals surface area contributed by atoms with Crippen LogP contribution in [0.4, 0.5) is 0 Å². The number of ether oxygens (including phenoxy) is 1. The van der Waals surface area contributed by atoms with Crippen LogP contribution in [-0.4, -0.2) is 17.9 Å². The Morgan fingerprint density at radius 2 is 1.83 bits per heavy atom. The van der Waals surface area contributed by atoms with Crippen molar-refractivity contribution in [1.82, 2.24) is 0 Å². The Labute approximate surface area is 106 Å². The van der Waals surface area contributed by atoms with Gasteiger partial charge in [0.05, 0.1) is 11.6 Å². The molecule has 4 nitrogen and oxygen atoms in total. The number of hydrogen-bond donors (Lipinski definition) is 0. The Morgan fingerprint density at radius 3 is 2.22 bits per heavy atom. The van der Waals surface area contributed by atoms with Gasteiger partial charge in [-0.15, -0.1) is 0 Å². The van der Waals surface area contributed by atoms with Crippen LogP contribution in [0.15, 0.2) is 24.3 Å². The van der Waals surface area contributed by atoms with E-state index in [0.29, 0.717) is 11.1 Å². The lowest BCUT2D eigenvalue weighted by Gasteiger charge is -2.21. The molecule has 0 bridgehead atoms. The van der Waals surface area contributed by atoms with Gasteiger partial charge in [-0.25, -0.2) is 0 Å². The Balaban J connectivity index is 2.92. The van der Waals surface area contributed by atoms with E-state index in [1.165, 1.54) is 0 Å². The van der Waals surface area contributed by atoms with Crippen molar-refractivity contribution in [2.75, 3.05) is 0 Å². The third kappa shape index (κ3) is 3.70. The lowest BCUT2D eigenvalue weighted by atomic mass is 9.99. The zero-order valence-electron chi connectivity index (χ0n) is 10.6. The topological polar surface area (TPSA) is 67.2 Å². The summed E-state index contributed by atoms with van der Waals surface area (Å²) in [5, 5.41) is 8.67. The van der Waals surface area contributed by atoms with Gasteiger partial charge in [0.25, 0.3) is 0 Å². The predicted octanol–water partition coefficient (Wildman–Crippen LogP) is 2.09. The highest BCUT2D eigenvalue weighted by molar-refractivity contribution is 5.94. The van der Waals surface area contributed by atoms with E-state index in [9.17, 15) is 9.59 Å². The van der Waals surface area contributed by atoms with Gasteiger partial charge in [-0.3, -0.25) is 9.59 Å².